The van der Waals surface area contributed by atoms with Crippen LogP contribution in [0.1, 0.15) is 31.4 Å². The maximum Gasteiger partial charge on any atom is 0.234 e. The number of thiazole rings is 1. The van der Waals surface area contributed by atoms with E-state index in [1.54, 1.807) is 31.4 Å². The number of carbonyl (C=O) groups excluding carboxylic acids is 2. The highest BCUT2D eigenvalue weighted by Crippen LogP contribution is 2.24. The fourth-order valence-corrected chi connectivity index (χ4v) is 4.59. The average Bonchev–Trinajstić information content (AvgIpc) is 3.32. The maximum atomic E-state index is 12.1. The molecule has 6 nitrogen and oxygen atoms in total. The van der Waals surface area contributed by atoms with Gasteiger partial charge < -0.3 is 15.4 Å². The number of hydrogen-bond donors (Lipinski definition) is 2. The molecule has 1 aromatic carbocycles. The summed E-state index contributed by atoms with van der Waals surface area (Å²) >= 11 is 2.84. The Morgan fingerprint density at radius 1 is 1.22 bits per heavy atom. The van der Waals surface area contributed by atoms with E-state index in [-0.39, 0.29) is 17.6 Å². The van der Waals surface area contributed by atoms with Crippen molar-refractivity contribution < 1.29 is 14.3 Å². The van der Waals surface area contributed by atoms with E-state index < -0.39 is 0 Å². The molecule has 0 radical (unpaired) electrons. The van der Waals surface area contributed by atoms with Crippen molar-refractivity contribution in [3.05, 3.63) is 35.3 Å². The minimum absolute atomic E-state index is 0.0287. The van der Waals surface area contributed by atoms with Gasteiger partial charge in [0.05, 0.1) is 25.0 Å². The number of aromatic nitrogens is 1. The van der Waals surface area contributed by atoms with Gasteiger partial charge in [0, 0.05) is 17.1 Å². The van der Waals surface area contributed by atoms with E-state index in [0.29, 0.717) is 12.5 Å². The third kappa shape index (κ3) is 6.25. The number of benzene rings is 1. The molecule has 8 heteroatoms. The first-order valence-electron chi connectivity index (χ1n) is 8.93. The SMILES string of the molecule is COc1ccc(NC(=O)CSc2nc(CC(=O)NC3CCCC3)cs2)cc1. The van der Waals surface area contributed by atoms with Crippen molar-refractivity contribution in [2.75, 3.05) is 18.2 Å². The van der Waals surface area contributed by atoms with Crippen LogP contribution in [0.5, 0.6) is 5.75 Å². The van der Waals surface area contributed by atoms with E-state index in [1.807, 2.05) is 5.38 Å². The number of rotatable bonds is 8. The standard InChI is InChI=1S/C19H23N3O3S2/c1-25-16-8-6-14(7-9-16)21-18(24)12-27-19-22-15(11-26-19)10-17(23)20-13-4-2-3-5-13/h6-9,11,13H,2-5,10,12H2,1H3,(H,20,23)(H,21,24). The fourth-order valence-electron chi connectivity index (χ4n) is 2.95. The fraction of sp³-hybridized carbons (Fsp3) is 0.421. The molecule has 2 amide bonds. The molecule has 2 aromatic rings. The number of amides is 2. The van der Waals surface area contributed by atoms with Gasteiger partial charge in [-0.05, 0) is 37.1 Å². The molecule has 144 valence electrons. The van der Waals surface area contributed by atoms with Crippen LogP contribution in [0.3, 0.4) is 0 Å². The number of nitrogens with one attached hydrogen (secondary N) is 2. The number of carbonyl (C=O) groups is 2. The van der Waals surface area contributed by atoms with Crippen molar-refractivity contribution in [3.8, 4) is 5.75 Å². The zero-order valence-corrected chi connectivity index (χ0v) is 16.8. The van der Waals surface area contributed by atoms with Crippen LogP contribution in [0, 0.1) is 0 Å². The minimum atomic E-state index is -0.0964. The van der Waals surface area contributed by atoms with Crippen molar-refractivity contribution in [1.29, 1.82) is 0 Å². The van der Waals surface area contributed by atoms with E-state index >= 15 is 0 Å². The maximum absolute atomic E-state index is 12.1. The lowest BCUT2D eigenvalue weighted by Crippen LogP contribution is -2.33. The van der Waals surface area contributed by atoms with Crippen molar-refractivity contribution >= 4 is 40.6 Å². The summed E-state index contributed by atoms with van der Waals surface area (Å²) in [5.74, 6) is 0.948. The van der Waals surface area contributed by atoms with Gasteiger partial charge in [0.15, 0.2) is 4.34 Å². The third-order valence-electron chi connectivity index (χ3n) is 4.29. The van der Waals surface area contributed by atoms with Crippen LogP contribution >= 0.6 is 23.1 Å². The van der Waals surface area contributed by atoms with Crippen LogP contribution in [0.15, 0.2) is 34.0 Å². The van der Waals surface area contributed by atoms with Gasteiger partial charge in [0.2, 0.25) is 11.8 Å². The summed E-state index contributed by atoms with van der Waals surface area (Å²) in [6.45, 7) is 0. The third-order valence-corrected chi connectivity index (χ3v) is 6.36. The molecular weight excluding hydrogens is 382 g/mol. The monoisotopic (exact) mass is 405 g/mol. The van der Waals surface area contributed by atoms with E-state index in [1.165, 1.54) is 35.9 Å². The van der Waals surface area contributed by atoms with E-state index in [0.717, 1.165) is 34.3 Å². The number of methoxy groups -OCH3 is 1. The molecule has 27 heavy (non-hydrogen) atoms. The van der Waals surface area contributed by atoms with Crippen LogP contribution in [0.2, 0.25) is 0 Å². The van der Waals surface area contributed by atoms with E-state index in [9.17, 15) is 9.59 Å². The second kappa shape index (κ2) is 9.75. The van der Waals surface area contributed by atoms with Crippen LogP contribution in [-0.4, -0.2) is 35.7 Å². The predicted octanol–water partition coefficient (Wildman–Crippen LogP) is 3.48. The molecule has 1 heterocycles. The summed E-state index contributed by atoms with van der Waals surface area (Å²) in [7, 11) is 1.60. The quantitative estimate of drug-likeness (QED) is 0.657. The Hall–Kier alpha value is -2.06. The molecule has 1 aliphatic carbocycles. The highest BCUT2D eigenvalue weighted by Gasteiger charge is 2.18. The molecule has 0 bridgehead atoms. The van der Waals surface area contributed by atoms with Crippen molar-refractivity contribution in [2.24, 2.45) is 0 Å². The normalized spacial score (nSPS) is 14.1. The number of hydrogen-bond acceptors (Lipinski definition) is 6. The molecule has 0 spiro atoms. The van der Waals surface area contributed by atoms with Crippen LogP contribution < -0.4 is 15.4 Å². The smallest absolute Gasteiger partial charge is 0.234 e. The summed E-state index contributed by atoms with van der Waals surface area (Å²) in [4.78, 5) is 28.6. The Morgan fingerprint density at radius 2 is 1.96 bits per heavy atom. The van der Waals surface area contributed by atoms with Gasteiger partial charge in [0.1, 0.15) is 5.75 Å². The Balaban J connectivity index is 1.41. The molecule has 3 rings (SSSR count). The second-order valence-electron chi connectivity index (χ2n) is 6.40. The van der Waals surface area contributed by atoms with Gasteiger partial charge in [-0.25, -0.2) is 4.98 Å². The van der Waals surface area contributed by atoms with Gasteiger partial charge in [-0.2, -0.15) is 0 Å². The molecular formula is C19H23N3O3S2. The molecule has 1 aliphatic rings. The van der Waals surface area contributed by atoms with Crippen LogP contribution in [-0.2, 0) is 16.0 Å². The molecule has 0 aliphatic heterocycles. The lowest BCUT2D eigenvalue weighted by Gasteiger charge is -2.10. The first kappa shape index (κ1) is 19.7. The van der Waals surface area contributed by atoms with Crippen molar-refractivity contribution in [1.82, 2.24) is 10.3 Å². The minimum Gasteiger partial charge on any atom is -0.497 e. The lowest BCUT2D eigenvalue weighted by molar-refractivity contribution is -0.121. The molecule has 2 N–H and O–H groups in total. The molecule has 0 unspecified atom stereocenters. The highest BCUT2D eigenvalue weighted by atomic mass is 32.2. The van der Waals surface area contributed by atoms with Gasteiger partial charge >= 0.3 is 0 Å². The number of thioether (sulfide) groups is 1. The Kier molecular flexibility index (Phi) is 7.11. The molecule has 1 saturated carbocycles. The molecule has 1 aromatic heterocycles. The van der Waals surface area contributed by atoms with Gasteiger partial charge in [-0.15, -0.1) is 11.3 Å². The summed E-state index contributed by atoms with van der Waals surface area (Å²) in [6, 6.07) is 7.52. The first-order chi connectivity index (χ1) is 13.1. The molecule has 0 atom stereocenters. The zero-order chi connectivity index (χ0) is 19.1. The highest BCUT2D eigenvalue weighted by molar-refractivity contribution is 8.01. The van der Waals surface area contributed by atoms with Gasteiger partial charge in [-0.1, -0.05) is 24.6 Å². The Morgan fingerprint density at radius 3 is 2.67 bits per heavy atom. The zero-order valence-electron chi connectivity index (χ0n) is 15.2. The number of ether oxygens (including phenoxy) is 1. The largest absolute Gasteiger partial charge is 0.497 e. The number of nitrogens with zero attached hydrogens (tertiary/aromatic N) is 1. The molecule has 0 saturated heterocycles. The van der Waals surface area contributed by atoms with Crippen molar-refractivity contribution in [3.63, 3.8) is 0 Å². The topological polar surface area (TPSA) is 80.3 Å². The Labute approximate surface area is 167 Å². The average molecular weight is 406 g/mol. The molecule has 1 fully saturated rings. The summed E-state index contributed by atoms with van der Waals surface area (Å²) in [5, 5.41) is 7.80. The number of anilines is 1. The Bertz CT molecular complexity index is 771. The summed E-state index contributed by atoms with van der Waals surface area (Å²) in [5.41, 5.74) is 1.48. The summed E-state index contributed by atoms with van der Waals surface area (Å²) in [6.07, 6.45) is 4.84. The van der Waals surface area contributed by atoms with Gasteiger partial charge in [0.25, 0.3) is 0 Å². The van der Waals surface area contributed by atoms with E-state index in [2.05, 4.69) is 15.6 Å². The van der Waals surface area contributed by atoms with Crippen LogP contribution in [0.25, 0.3) is 0 Å². The first-order valence-corrected chi connectivity index (χ1v) is 10.8. The van der Waals surface area contributed by atoms with Crippen molar-refractivity contribution in [2.45, 2.75) is 42.5 Å². The van der Waals surface area contributed by atoms with Gasteiger partial charge in [-0.3, -0.25) is 9.59 Å². The predicted molar refractivity (Wildman–Crippen MR) is 109 cm³/mol. The van der Waals surface area contributed by atoms with Crippen LogP contribution in [0.4, 0.5) is 5.69 Å². The second-order valence-corrected chi connectivity index (χ2v) is 8.48. The lowest BCUT2D eigenvalue weighted by atomic mass is 10.2. The van der Waals surface area contributed by atoms with E-state index in [4.69, 9.17) is 4.74 Å². The summed E-state index contributed by atoms with van der Waals surface area (Å²) < 4.78 is 5.89.